The smallest absolute Gasteiger partial charge is 0.156 e. The van der Waals surface area contributed by atoms with Crippen molar-refractivity contribution in [2.24, 2.45) is 0 Å². The van der Waals surface area contributed by atoms with E-state index in [2.05, 4.69) is 33.9 Å². The summed E-state index contributed by atoms with van der Waals surface area (Å²) in [6.45, 7) is 3.27. The Hall–Kier alpha value is -1.75. The summed E-state index contributed by atoms with van der Waals surface area (Å²) in [5.74, 6) is 0.885. The normalized spacial score (nSPS) is 18.7. The Kier molecular flexibility index (Phi) is 4.29. The standard InChI is InChI=1S/C16H20N4S/c1-12-7-5-6-10-20(12)15-14(17)16(19-11-18-15)21-13-8-3-2-4-9-13/h2-4,8-9,11-12H,5-7,10,17H2,1H3. The number of anilines is 2. The van der Waals surface area contributed by atoms with Crippen LogP contribution in [-0.4, -0.2) is 22.6 Å². The van der Waals surface area contributed by atoms with Crippen LogP contribution in [0.15, 0.2) is 46.6 Å². The van der Waals surface area contributed by atoms with Crippen molar-refractivity contribution >= 4 is 23.3 Å². The monoisotopic (exact) mass is 300 g/mol. The van der Waals surface area contributed by atoms with Gasteiger partial charge in [-0.2, -0.15) is 0 Å². The SMILES string of the molecule is CC1CCCCN1c1ncnc(Sc2ccccc2)c1N. The number of hydrogen-bond donors (Lipinski definition) is 1. The van der Waals surface area contributed by atoms with Crippen LogP contribution in [0.5, 0.6) is 0 Å². The first-order valence-corrected chi connectivity index (χ1v) is 8.17. The topological polar surface area (TPSA) is 55.0 Å². The van der Waals surface area contributed by atoms with Crippen LogP contribution in [0.1, 0.15) is 26.2 Å². The molecule has 2 aromatic rings. The molecule has 0 spiro atoms. The van der Waals surface area contributed by atoms with Crippen LogP contribution in [0, 0.1) is 0 Å². The van der Waals surface area contributed by atoms with E-state index in [1.165, 1.54) is 19.3 Å². The van der Waals surface area contributed by atoms with Crippen LogP contribution in [-0.2, 0) is 0 Å². The van der Waals surface area contributed by atoms with Crippen molar-refractivity contribution in [3.63, 3.8) is 0 Å². The Labute approximate surface area is 129 Å². The number of nitrogen functional groups attached to an aromatic ring is 1. The largest absolute Gasteiger partial charge is 0.394 e. The van der Waals surface area contributed by atoms with Crippen LogP contribution < -0.4 is 10.6 Å². The van der Waals surface area contributed by atoms with Gasteiger partial charge in [-0.3, -0.25) is 0 Å². The first kappa shape index (κ1) is 14.2. The van der Waals surface area contributed by atoms with Gasteiger partial charge < -0.3 is 10.6 Å². The lowest BCUT2D eigenvalue weighted by molar-refractivity contribution is 0.481. The average molecular weight is 300 g/mol. The molecule has 1 aliphatic rings. The molecule has 1 unspecified atom stereocenters. The van der Waals surface area contributed by atoms with Gasteiger partial charge in [0.1, 0.15) is 17.0 Å². The summed E-state index contributed by atoms with van der Waals surface area (Å²) in [4.78, 5) is 12.2. The van der Waals surface area contributed by atoms with Crippen molar-refractivity contribution in [1.29, 1.82) is 0 Å². The van der Waals surface area contributed by atoms with E-state index in [0.717, 1.165) is 22.3 Å². The highest BCUT2D eigenvalue weighted by molar-refractivity contribution is 7.99. The molecule has 1 aliphatic heterocycles. The first-order chi connectivity index (χ1) is 10.3. The van der Waals surface area contributed by atoms with Crippen LogP contribution in [0.4, 0.5) is 11.5 Å². The van der Waals surface area contributed by atoms with Crippen LogP contribution in [0.3, 0.4) is 0 Å². The molecule has 1 aromatic heterocycles. The van der Waals surface area contributed by atoms with E-state index in [1.54, 1.807) is 18.1 Å². The van der Waals surface area contributed by atoms with Crippen LogP contribution in [0.25, 0.3) is 0 Å². The van der Waals surface area contributed by atoms with E-state index in [1.807, 2.05) is 18.2 Å². The minimum absolute atomic E-state index is 0.491. The highest BCUT2D eigenvalue weighted by Crippen LogP contribution is 2.36. The average Bonchev–Trinajstić information content (AvgIpc) is 2.51. The summed E-state index contributed by atoms with van der Waals surface area (Å²) in [7, 11) is 0. The fraction of sp³-hybridized carbons (Fsp3) is 0.375. The third kappa shape index (κ3) is 3.13. The molecule has 0 aliphatic carbocycles. The number of benzene rings is 1. The molecular formula is C16H20N4S. The molecule has 21 heavy (non-hydrogen) atoms. The summed E-state index contributed by atoms with van der Waals surface area (Å²) < 4.78 is 0. The van der Waals surface area contributed by atoms with Gasteiger partial charge in [-0.15, -0.1) is 0 Å². The molecule has 1 atom stereocenters. The van der Waals surface area contributed by atoms with Gasteiger partial charge >= 0.3 is 0 Å². The Morgan fingerprint density at radius 1 is 1.19 bits per heavy atom. The van der Waals surface area contributed by atoms with E-state index in [9.17, 15) is 0 Å². The van der Waals surface area contributed by atoms with Crippen LogP contribution >= 0.6 is 11.8 Å². The molecule has 4 nitrogen and oxygen atoms in total. The summed E-state index contributed by atoms with van der Waals surface area (Å²) in [5.41, 5.74) is 7.03. The molecule has 110 valence electrons. The Balaban J connectivity index is 1.88. The van der Waals surface area contributed by atoms with Crippen molar-refractivity contribution in [3.05, 3.63) is 36.7 Å². The summed E-state index contributed by atoms with van der Waals surface area (Å²) in [6.07, 6.45) is 5.31. The molecule has 5 heteroatoms. The van der Waals surface area contributed by atoms with Gasteiger partial charge in [0.2, 0.25) is 0 Å². The summed E-state index contributed by atoms with van der Waals surface area (Å²) in [6, 6.07) is 10.7. The maximum atomic E-state index is 6.34. The maximum Gasteiger partial charge on any atom is 0.156 e. The van der Waals surface area contributed by atoms with E-state index < -0.39 is 0 Å². The van der Waals surface area contributed by atoms with Gasteiger partial charge in [0.05, 0.1) is 0 Å². The number of piperidine rings is 1. The molecule has 0 saturated carbocycles. The minimum atomic E-state index is 0.491. The molecule has 2 heterocycles. The number of nitrogens with zero attached hydrogens (tertiary/aromatic N) is 3. The molecule has 0 amide bonds. The van der Waals surface area contributed by atoms with Gasteiger partial charge in [-0.05, 0) is 38.3 Å². The summed E-state index contributed by atoms with van der Waals surface area (Å²) >= 11 is 1.59. The molecule has 1 fully saturated rings. The molecular weight excluding hydrogens is 280 g/mol. The van der Waals surface area contributed by atoms with E-state index >= 15 is 0 Å². The van der Waals surface area contributed by atoms with Crippen molar-refractivity contribution in [2.45, 2.75) is 42.1 Å². The predicted octanol–water partition coefficient (Wildman–Crippen LogP) is 3.59. The van der Waals surface area contributed by atoms with Gasteiger partial charge in [0.15, 0.2) is 5.82 Å². The van der Waals surface area contributed by atoms with Gasteiger partial charge in [0.25, 0.3) is 0 Å². The second-order valence-electron chi connectivity index (χ2n) is 5.37. The highest BCUT2D eigenvalue weighted by Gasteiger charge is 2.23. The summed E-state index contributed by atoms with van der Waals surface area (Å²) in [5, 5.41) is 0.837. The van der Waals surface area contributed by atoms with Crippen molar-refractivity contribution in [3.8, 4) is 0 Å². The predicted molar refractivity (Wildman–Crippen MR) is 87.7 cm³/mol. The third-order valence-electron chi connectivity index (χ3n) is 3.86. The number of hydrogen-bond acceptors (Lipinski definition) is 5. The van der Waals surface area contributed by atoms with Crippen LogP contribution in [0.2, 0.25) is 0 Å². The van der Waals surface area contributed by atoms with Crippen molar-refractivity contribution < 1.29 is 0 Å². The van der Waals surface area contributed by atoms with E-state index in [-0.39, 0.29) is 0 Å². The van der Waals surface area contributed by atoms with Gasteiger partial charge in [0, 0.05) is 17.5 Å². The number of aromatic nitrogens is 2. The third-order valence-corrected chi connectivity index (χ3v) is 4.89. The Bertz CT molecular complexity index is 602. The van der Waals surface area contributed by atoms with E-state index in [0.29, 0.717) is 11.7 Å². The highest BCUT2D eigenvalue weighted by atomic mass is 32.2. The van der Waals surface area contributed by atoms with Gasteiger partial charge in [-0.25, -0.2) is 9.97 Å². The molecule has 2 N–H and O–H groups in total. The lowest BCUT2D eigenvalue weighted by Gasteiger charge is -2.35. The molecule has 1 saturated heterocycles. The minimum Gasteiger partial charge on any atom is -0.394 e. The first-order valence-electron chi connectivity index (χ1n) is 7.35. The molecule has 0 bridgehead atoms. The zero-order valence-electron chi connectivity index (χ0n) is 12.2. The fourth-order valence-electron chi connectivity index (χ4n) is 2.69. The Morgan fingerprint density at radius 3 is 2.76 bits per heavy atom. The lowest BCUT2D eigenvalue weighted by Crippen LogP contribution is -2.38. The molecule has 0 radical (unpaired) electrons. The quantitative estimate of drug-likeness (QED) is 0.878. The molecule has 3 rings (SSSR count). The zero-order valence-corrected chi connectivity index (χ0v) is 13.0. The molecule has 1 aromatic carbocycles. The fourth-order valence-corrected chi connectivity index (χ4v) is 3.51. The lowest BCUT2D eigenvalue weighted by atomic mass is 10.0. The second kappa shape index (κ2) is 6.35. The Morgan fingerprint density at radius 2 is 2.00 bits per heavy atom. The van der Waals surface area contributed by atoms with E-state index in [4.69, 9.17) is 5.73 Å². The number of rotatable bonds is 3. The number of nitrogens with two attached hydrogens (primary N) is 1. The second-order valence-corrected chi connectivity index (χ2v) is 6.43. The van der Waals surface area contributed by atoms with Gasteiger partial charge in [-0.1, -0.05) is 30.0 Å². The van der Waals surface area contributed by atoms with Crippen molar-refractivity contribution in [2.75, 3.05) is 17.2 Å². The van der Waals surface area contributed by atoms with Crippen molar-refractivity contribution in [1.82, 2.24) is 9.97 Å². The zero-order chi connectivity index (χ0) is 14.7. The maximum absolute atomic E-state index is 6.34.